The zero-order valence-electron chi connectivity index (χ0n) is 12.6. The number of nitrogens with zero attached hydrogens (tertiary/aromatic N) is 1. The molecule has 0 saturated carbocycles. The van der Waals surface area contributed by atoms with Crippen LogP contribution in [0.2, 0.25) is 0 Å². The molecule has 112 valence electrons. The lowest BCUT2D eigenvalue weighted by Gasteiger charge is -2.23. The van der Waals surface area contributed by atoms with Crippen molar-refractivity contribution < 1.29 is 9.47 Å². The van der Waals surface area contributed by atoms with Crippen LogP contribution in [-0.4, -0.2) is 46.0 Å². The van der Waals surface area contributed by atoms with E-state index in [1.165, 1.54) is 12.1 Å². The molecular weight excluding hydrogens is 252 g/mol. The van der Waals surface area contributed by atoms with Gasteiger partial charge in [0.2, 0.25) is 0 Å². The molecule has 2 rings (SSSR count). The average molecular weight is 278 g/mol. The third-order valence-corrected chi connectivity index (χ3v) is 3.61. The highest BCUT2D eigenvalue weighted by Crippen LogP contribution is 2.21. The minimum Gasteiger partial charge on any atom is -0.491 e. The molecule has 0 aromatic heterocycles. The summed E-state index contributed by atoms with van der Waals surface area (Å²) in [6, 6.07) is 8.45. The average Bonchev–Trinajstić information content (AvgIpc) is 2.75. The topological polar surface area (TPSA) is 33.7 Å². The molecule has 1 heterocycles. The van der Waals surface area contributed by atoms with E-state index in [0.717, 1.165) is 45.0 Å². The maximum atomic E-state index is 5.87. The number of ether oxygens (including phenoxy) is 2. The molecule has 0 aliphatic carbocycles. The third kappa shape index (κ3) is 4.69. The molecule has 1 aliphatic rings. The largest absolute Gasteiger partial charge is 0.491 e. The Hall–Kier alpha value is -1.26. The van der Waals surface area contributed by atoms with Gasteiger partial charge in [-0.25, -0.2) is 0 Å². The summed E-state index contributed by atoms with van der Waals surface area (Å²) in [7, 11) is 1.72. The van der Waals surface area contributed by atoms with Gasteiger partial charge >= 0.3 is 0 Å². The van der Waals surface area contributed by atoms with Crippen molar-refractivity contribution in [1.29, 1.82) is 0 Å². The normalized spacial score (nSPS) is 17.6. The lowest BCUT2D eigenvalue weighted by atomic mass is 10.2. The summed E-state index contributed by atoms with van der Waals surface area (Å²) in [6.07, 6.45) is 2.30. The van der Waals surface area contributed by atoms with Crippen LogP contribution in [0.15, 0.2) is 24.3 Å². The zero-order chi connectivity index (χ0) is 14.2. The van der Waals surface area contributed by atoms with E-state index in [0.29, 0.717) is 0 Å². The molecule has 20 heavy (non-hydrogen) atoms. The Balaban J connectivity index is 1.88. The Bertz CT molecular complexity index is 373. The summed E-state index contributed by atoms with van der Waals surface area (Å²) < 4.78 is 10.9. The van der Waals surface area contributed by atoms with E-state index in [2.05, 4.69) is 41.4 Å². The number of hydrogen-bond acceptors (Lipinski definition) is 4. The van der Waals surface area contributed by atoms with Crippen LogP contribution in [0.25, 0.3) is 0 Å². The van der Waals surface area contributed by atoms with Crippen LogP contribution in [0.4, 0.5) is 5.69 Å². The van der Waals surface area contributed by atoms with Crippen molar-refractivity contribution in [3.05, 3.63) is 24.3 Å². The smallest absolute Gasteiger partial charge is 0.119 e. The molecule has 0 spiro atoms. The van der Waals surface area contributed by atoms with Crippen molar-refractivity contribution >= 4 is 5.69 Å². The molecule has 0 amide bonds. The Morgan fingerprint density at radius 3 is 2.75 bits per heavy atom. The first-order valence-electron chi connectivity index (χ1n) is 7.51. The highest BCUT2D eigenvalue weighted by atomic mass is 16.5. The van der Waals surface area contributed by atoms with Gasteiger partial charge in [0.05, 0.1) is 6.10 Å². The lowest BCUT2D eigenvalue weighted by Crippen LogP contribution is -2.27. The Labute approximate surface area is 122 Å². The van der Waals surface area contributed by atoms with E-state index in [1.807, 2.05) is 0 Å². The molecule has 1 aromatic rings. The van der Waals surface area contributed by atoms with Crippen molar-refractivity contribution in [3.63, 3.8) is 0 Å². The predicted molar refractivity (Wildman–Crippen MR) is 82.7 cm³/mol. The van der Waals surface area contributed by atoms with Gasteiger partial charge in [0.25, 0.3) is 0 Å². The Kier molecular flexibility index (Phi) is 6.15. The molecule has 4 nitrogen and oxygen atoms in total. The van der Waals surface area contributed by atoms with Gasteiger partial charge in [0.15, 0.2) is 0 Å². The van der Waals surface area contributed by atoms with Gasteiger partial charge in [-0.15, -0.1) is 0 Å². The van der Waals surface area contributed by atoms with Crippen molar-refractivity contribution in [1.82, 2.24) is 5.32 Å². The van der Waals surface area contributed by atoms with Crippen LogP contribution in [0, 0.1) is 0 Å². The van der Waals surface area contributed by atoms with Gasteiger partial charge in [-0.1, -0.05) is 0 Å². The molecule has 1 fully saturated rings. The molecule has 1 N–H and O–H groups in total. The first kappa shape index (κ1) is 15.1. The molecule has 1 atom stereocenters. The standard InChI is InChI=1S/C16H26N2O2/c1-14(8-13-19-2)20-16-6-4-15(5-7-16)18-11-3-9-17-10-12-18/h4-7,14,17H,3,8-13H2,1-2H3. The number of benzene rings is 1. The van der Waals surface area contributed by atoms with Crippen LogP contribution in [-0.2, 0) is 4.74 Å². The molecular formula is C16H26N2O2. The Morgan fingerprint density at radius 1 is 1.20 bits per heavy atom. The van der Waals surface area contributed by atoms with E-state index in [9.17, 15) is 0 Å². The van der Waals surface area contributed by atoms with Gasteiger partial charge in [-0.3, -0.25) is 0 Å². The fraction of sp³-hybridized carbons (Fsp3) is 0.625. The van der Waals surface area contributed by atoms with Crippen LogP contribution < -0.4 is 15.0 Å². The molecule has 0 bridgehead atoms. The summed E-state index contributed by atoms with van der Waals surface area (Å²) in [5.74, 6) is 0.935. The van der Waals surface area contributed by atoms with Gasteiger partial charge in [-0.2, -0.15) is 0 Å². The van der Waals surface area contributed by atoms with Crippen LogP contribution in [0.3, 0.4) is 0 Å². The highest BCUT2D eigenvalue weighted by Gasteiger charge is 2.10. The Morgan fingerprint density at radius 2 is 2.00 bits per heavy atom. The number of anilines is 1. The van der Waals surface area contributed by atoms with Crippen molar-refractivity contribution in [2.75, 3.05) is 44.8 Å². The second-order valence-corrected chi connectivity index (χ2v) is 5.29. The summed E-state index contributed by atoms with van der Waals surface area (Å²) in [6.45, 7) is 7.19. The van der Waals surface area contributed by atoms with Gasteiger partial charge < -0.3 is 19.7 Å². The minimum atomic E-state index is 0.184. The van der Waals surface area contributed by atoms with Crippen LogP contribution in [0.1, 0.15) is 19.8 Å². The van der Waals surface area contributed by atoms with Crippen molar-refractivity contribution in [2.45, 2.75) is 25.9 Å². The maximum absolute atomic E-state index is 5.87. The van der Waals surface area contributed by atoms with E-state index < -0.39 is 0 Å². The van der Waals surface area contributed by atoms with E-state index in [1.54, 1.807) is 7.11 Å². The number of nitrogens with one attached hydrogen (secondary N) is 1. The summed E-state index contributed by atoms with van der Waals surface area (Å²) in [5.41, 5.74) is 1.28. The summed E-state index contributed by atoms with van der Waals surface area (Å²) in [4.78, 5) is 2.43. The van der Waals surface area contributed by atoms with Gasteiger partial charge in [0, 0.05) is 45.5 Å². The number of methoxy groups -OCH3 is 1. The molecule has 1 saturated heterocycles. The molecule has 0 radical (unpaired) electrons. The molecule has 1 aliphatic heterocycles. The minimum absolute atomic E-state index is 0.184. The van der Waals surface area contributed by atoms with Crippen LogP contribution in [0.5, 0.6) is 5.75 Å². The monoisotopic (exact) mass is 278 g/mol. The lowest BCUT2D eigenvalue weighted by molar-refractivity contribution is 0.135. The van der Waals surface area contributed by atoms with Gasteiger partial charge in [0.1, 0.15) is 5.75 Å². The first-order valence-corrected chi connectivity index (χ1v) is 7.51. The second-order valence-electron chi connectivity index (χ2n) is 5.29. The second kappa shape index (κ2) is 8.12. The van der Waals surface area contributed by atoms with Crippen LogP contribution >= 0.6 is 0 Å². The molecule has 1 unspecified atom stereocenters. The molecule has 1 aromatic carbocycles. The predicted octanol–water partition coefficient (Wildman–Crippen LogP) is 2.29. The summed E-state index contributed by atoms with van der Waals surface area (Å²) >= 11 is 0. The van der Waals surface area contributed by atoms with E-state index >= 15 is 0 Å². The fourth-order valence-corrected chi connectivity index (χ4v) is 2.41. The number of rotatable bonds is 6. The highest BCUT2D eigenvalue weighted by molar-refractivity contribution is 5.49. The SMILES string of the molecule is COCCC(C)Oc1ccc(N2CCCNCC2)cc1. The zero-order valence-corrected chi connectivity index (χ0v) is 12.6. The van der Waals surface area contributed by atoms with Crippen molar-refractivity contribution in [2.24, 2.45) is 0 Å². The van der Waals surface area contributed by atoms with Crippen molar-refractivity contribution in [3.8, 4) is 5.75 Å². The fourth-order valence-electron chi connectivity index (χ4n) is 2.41. The first-order chi connectivity index (χ1) is 9.79. The van der Waals surface area contributed by atoms with Gasteiger partial charge in [-0.05, 0) is 44.2 Å². The van der Waals surface area contributed by atoms with E-state index in [4.69, 9.17) is 9.47 Å². The summed E-state index contributed by atoms with van der Waals surface area (Å²) in [5, 5.41) is 3.43. The third-order valence-electron chi connectivity index (χ3n) is 3.61. The quantitative estimate of drug-likeness (QED) is 0.865. The number of hydrogen-bond donors (Lipinski definition) is 1. The maximum Gasteiger partial charge on any atom is 0.119 e. The molecule has 4 heteroatoms. The van der Waals surface area contributed by atoms with E-state index in [-0.39, 0.29) is 6.10 Å².